The molecule has 1 aliphatic heterocycles. The minimum atomic E-state index is 0.145. The normalized spacial score (nSPS) is 14.2. The van der Waals surface area contributed by atoms with Gasteiger partial charge in [-0.15, -0.1) is 0 Å². The molecule has 0 bridgehead atoms. The van der Waals surface area contributed by atoms with E-state index in [1.54, 1.807) is 17.3 Å². The van der Waals surface area contributed by atoms with Crippen LogP contribution in [0.2, 0.25) is 0 Å². The van der Waals surface area contributed by atoms with Crippen molar-refractivity contribution in [2.75, 3.05) is 11.9 Å². The summed E-state index contributed by atoms with van der Waals surface area (Å²) < 4.78 is 6.21. The molecule has 0 spiro atoms. The maximum absolute atomic E-state index is 13.1. The van der Waals surface area contributed by atoms with Gasteiger partial charge in [0, 0.05) is 48.7 Å². The summed E-state index contributed by atoms with van der Waals surface area (Å²) >= 11 is 0. The lowest BCUT2D eigenvalue weighted by molar-refractivity contribution is -0.128. The summed E-state index contributed by atoms with van der Waals surface area (Å²) in [6, 6.07) is 8.52. The topological polar surface area (TPSA) is 82.4 Å². The van der Waals surface area contributed by atoms with Crippen molar-refractivity contribution >= 4 is 23.6 Å². The van der Waals surface area contributed by atoms with E-state index in [1.165, 1.54) is 5.56 Å². The Morgan fingerprint density at radius 3 is 2.54 bits per heavy atom. The van der Waals surface area contributed by atoms with Crippen LogP contribution in [-0.4, -0.2) is 45.4 Å². The molecule has 3 rings (SSSR count). The predicted molar refractivity (Wildman–Crippen MR) is 220 cm³/mol. The number of rotatable bonds is 20. The van der Waals surface area contributed by atoms with Crippen LogP contribution in [0.3, 0.4) is 0 Å². The second kappa shape index (κ2) is 22.3. The summed E-state index contributed by atoms with van der Waals surface area (Å²) in [7, 11) is 0. The number of nitrogens with one attached hydrogen (secondary N) is 1. The van der Waals surface area contributed by atoms with Crippen LogP contribution < -0.4 is 10.1 Å². The molecule has 2 heterocycles. The summed E-state index contributed by atoms with van der Waals surface area (Å²) in [5.41, 5.74) is 6.75. The Hall–Kier alpha value is -4.72. The number of amides is 1. The Labute approximate surface area is 313 Å². The zero-order valence-corrected chi connectivity index (χ0v) is 33.0. The number of amidine groups is 1. The van der Waals surface area contributed by atoms with Gasteiger partial charge in [-0.05, 0) is 120 Å². The smallest absolute Gasteiger partial charge is 0.246 e. The SMILES string of the molecule is C=C1C=C(Oc2ccc(NC(=N/C=C/CCC)c3nc(C)c(CCCC(CC)N(CCCCC)C(=O)/C=C/CC)cc3C)cc2C)C=CN1/N=C\C. The number of anilines is 1. The number of hydrogen-bond acceptors (Lipinski definition) is 6. The number of aliphatic imine (C=N–C) groups is 1. The van der Waals surface area contributed by atoms with Crippen LogP contribution in [0.5, 0.6) is 5.75 Å². The maximum Gasteiger partial charge on any atom is 0.246 e. The van der Waals surface area contributed by atoms with Gasteiger partial charge < -0.3 is 15.0 Å². The molecule has 1 unspecified atom stereocenters. The number of aromatic nitrogens is 1. The molecule has 1 aromatic heterocycles. The zero-order valence-electron chi connectivity index (χ0n) is 33.0. The lowest BCUT2D eigenvalue weighted by Gasteiger charge is -2.31. The number of ether oxygens (including phenoxy) is 1. The van der Waals surface area contributed by atoms with Gasteiger partial charge in [-0.1, -0.05) is 71.8 Å². The van der Waals surface area contributed by atoms with Crippen molar-refractivity contribution in [1.29, 1.82) is 0 Å². The highest BCUT2D eigenvalue weighted by Crippen LogP contribution is 2.27. The van der Waals surface area contributed by atoms with Crippen molar-refractivity contribution in [3.63, 3.8) is 0 Å². The predicted octanol–water partition coefficient (Wildman–Crippen LogP) is 10.9. The van der Waals surface area contributed by atoms with Gasteiger partial charge in [-0.3, -0.25) is 4.79 Å². The average Bonchev–Trinajstić information content (AvgIpc) is 3.13. The van der Waals surface area contributed by atoms with Crippen LogP contribution in [0.15, 0.2) is 95.2 Å². The molecule has 0 saturated carbocycles. The Kier molecular flexibility index (Phi) is 17.9. The number of hydrogen-bond donors (Lipinski definition) is 1. The Morgan fingerprint density at radius 2 is 1.87 bits per heavy atom. The first-order valence-electron chi connectivity index (χ1n) is 19.2. The number of pyridine rings is 1. The fourth-order valence-electron chi connectivity index (χ4n) is 6.13. The quantitative estimate of drug-likeness (QED) is 0.0641. The molecule has 1 aromatic carbocycles. The molecule has 1 amide bonds. The van der Waals surface area contributed by atoms with Gasteiger partial charge in [-0.2, -0.15) is 5.10 Å². The van der Waals surface area contributed by atoms with E-state index in [9.17, 15) is 4.79 Å². The summed E-state index contributed by atoms with van der Waals surface area (Å²) in [4.78, 5) is 25.2. The number of nitrogens with zero attached hydrogens (tertiary/aromatic N) is 5. The van der Waals surface area contributed by atoms with E-state index in [2.05, 4.69) is 81.6 Å². The minimum absolute atomic E-state index is 0.145. The number of unbranched alkanes of at least 4 members (excludes halogenated alkanes) is 3. The Balaban J connectivity index is 1.78. The molecule has 0 radical (unpaired) electrons. The second-order valence-corrected chi connectivity index (χ2v) is 13.3. The third kappa shape index (κ3) is 12.8. The number of carbonyl (C=O) groups is 1. The Morgan fingerprint density at radius 1 is 1.06 bits per heavy atom. The molecule has 0 fully saturated rings. The molecular formula is C44H62N6O2. The summed E-state index contributed by atoms with van der Waals surface area (Å²) in [5.74, 6) is 2.30. The van der Waals surface area contributed by atoms with Crippen molar-refractivity contribution < 1.29 is 9.53 Å². The summed E-state index contributed by atoms with van der Waals surface area (Å²) in [5, 5.41) is 9.52. The van der Waals surface area contributed by atoms with E-state index >= 15 is 0 Å². The molecule has 1 aliphatic rings. The van der Waals surface area contributed by atoms with Crippen LogP contribution in [0, 0.1) is 20.8 Å². The molecule has 0 saturated heterocycles. The summed E-state index contributed by atoms with van der Waals surface area (Å²) in [6.45, 7) is 21.6. The maximum atomic E-state index is 13.1. The van der Waals surface area contributed by atoms with E-state index in [4.69, 9.17) is 14.7 Å². The van der Waals surface area contributed by atoms with Gasteiger partial charge in [0.1, 0.15) is 17.2 Å². The first-order valence-corrected chi connectivity index (χ1v) is 19.2. The van der Waals surface area contributed by atoms with Crippen molar-refractivity contribution in [3.05, 3.63) is 113 Å². The van der Waals surface area contributed by atoms with Crippen LogP contribution in [-0.2, 0) is 11.2 Å². The molecule has 52 heavy (non-hydrogen) atoms. The standard InChI is InChI=1S/C44H62N6O2/c1-10-15-18-27-45-44(48-38-24-25-41(33(6)31-38)52-40-26-29-50(46-14-5)35(8)32-40)43-34(7)30-37(36(9)47-43)21-20-22-39(13-4)49(28-19-16-11-2)42(51)23-17-12-3/h14,17-18,23-27,29-32,39H,8,10-13,15-16,19-22,28H2,1-7,9H3,(H,45,48)/b23-17+,27-18+,46-14-. The molecule has 1 N–H and O–H groups in total. The number of aryl methyl sites for hydroxylation is 4. The third-order valence-electron chi connectivity index (χ3n) is 9.06. The van der Waals surface area contributed by atoms with E-state index in [-0.39, 0.29) is 11.9 Å². The van der Waals surface area contributed by atoms with Crippen molar-refractivity contribution in [2.24, 2.45) is 10.1 Å². The monoisotopic (exact) mass is 706 g/mol. The number of hydrazone groups is 1. The molecule has 2 aromatic rings. The van der Waals surface area contributed by atoms with Crippen molar-refractivity contribution in [2.45, 2.75) is 126 Å². The van der Waals surface area contributed by atoms with E-state index < -0.39 is 0 Å². The molecule has 280 valence electrons. The number of allylic oxidation sites excluding steroid dienone is 4. The van der Waals surface area contributed by atoms with Crippen molar-refractivity contribution in [3.8, 4) is 5.75 Å². The van der Waals surface area contributed by atoms with Gasteiger partial charge in [0.15, 0.2) is 5.84 Å². The van der Waals surface area contributed by atoms with Crippen LogP contribution >= 0.6 is 0 Å². The fourth-order valence-corrected chi connectivity index (χ4v) is 6.13. The van der Waals surface area contributed by atoms with Gasteiger partial charge in [0.25, 0.3) is 0 Å². The van der Waals surface area contributed by atoms with E-state index in [1.807, 2.05) is 56.6 Å². The van der Waals surface area contributed by atoms with Crippen LogP contribution in [0.25, 0.3) is 0 Å². The molecule has 0 aliphatic carbocycles. The highest BCUT2D eigenvalue weighted by atomic mass is 16.5. The van der Waals surface area contributed by atoms with Gasteiger partial charge >= 0.3 is 0 Å². The van der Waals surface area contributed by atoms with Gasteiger partial charge in [-0.25, -0.2) is 15.0 Å². The zero-order chi connectivity index (χ0) is 37.9. The first kappa shape index (κ1) is 41.7. The summed E-state index contributed by atoms with van der Waals surface area (Å²) in [6.07, 6.45) is 25.0. The largest absolute Gasteiger partial charge is 0.457 e. The van der Waals surface area contributed by atoms with Gasteiger partial charge in [0.2, 0.25) is 5.91 Å². The number of benzene rings is 1. The van der Waals surface area contributed by atoms with E-state index in [0.29, 0.717) is 11.6 Å². The van der Waals surface area contributed by atoms with Crippen molar-refractivity contribution in [1.82, 2.24) is 14.9 Å². The second-order valence-electron chi connectivity index (χ2n) is 13.3. The lowest BCUT2D eigenvalue weighted by atomic mass is 9.99. The minimum Gasteiger partial charge on any atom is -0.457 e. The van der Waals surface area contributed by atoms with Gasteiger partial charge in [0.05, 0.1) is 5.70 Å². The van der Waals surface area contributed by atoms with E-state index in [0.717, 1.165) is 110 Å². The first-order chi connectivity index (χ1) is 25.1. The van der Waals surface area contributed by atoms with Crippen LogP contribution in [0.4, 0.5) is 5.69 Å². The fraction of sp³-hybridized carbons (Fsp3) is 0.455. The molecule has 8 nitrogen and oxygen atoms in total. The molecular weight excluding hydrogens is 645 g/mol. The van der Waals surface area contributed by atoms with Crippen LogP contribution in [0.1, 0.15) is 120 Å². The highest BCUT2D eigenvalue weighted by Gasteiger charge is 2.21. The lowest BCUT2D eigenvalue weighted by Crippen LogP contribution is -2.40. The molecule has 8 heteroatoms. The Bertz CT molecular complexity index is 1660. The molecule has 1 atom stereocenters. The average molecular weight is 707 g/mol. The third-order valence-corrected chi connectivity index (χ3v) is 9.06. The highest BCUT2D eigenvalue weighted by molar-refractivity contribution is 6.08. The number of carbonyl (C=O) groups excluding carboxylic acids is 1.